The zero-order valence-electron chi connectivity index (χ0n) is 8.71. The van der Waals surface area contributed by atoms with Crippen molar-refractivity contribution in [2.75, 3.05) is 0 Å². The highest BCUT2D eigenvalue weighted by atomic mass is 35.5. The molecular formula is C11H20ClNO. The molecule has 0 amide bonds. The van der Waals surface area contributed by atoms with Crippen molar-refractivity contribution >= 4 is 17.3 Å². The first-order valence-electron chi connectivity index (χ1n) is 5.69. The number of rotatable bonds is 0. The van der Waals surface area contributed by atoms with Gasteiger partial charge in [-0.15, -0.1) is 11.6 Å². The van der Waals surface area contributed by atoms with Crippen LogP contribution in [-0.2, 0) is 0 Å². The normalized spacial score (nSPS) is 29.8. The fourth-order valence-corrected chi connectivity index (χ4v) is 2.26. The van der Waals surface area contributed by atoms with E-state index >= 15 is 0 Å². The third-order valence-electron chi connectivity index (χ3n) is 2.88. The molecule has 1 aliphatic rings. The third-order valence-corrected chi connectivity index (χ3v) is 3.35. The molecule has 0 heterocycles. The maximum atomic E-state index is 8.81. The van der Waals surface area contributed by atoms with Crippen molar-refractivity contribution in [2.45, 2.75) is 63.2 Å². The standard InChI is InChI=1S/C11H20ClNO/c12-10-8-6-4-2-1-3-5-7-9-11(10)13-14/h10,14H,1-9H2. The largest absolute Gasteiger partial charge is 0.411 e. The first kappa shape index (κ1) is 11.8. The highest BCUT2D eigenvalue weighted by Gasteiger charge is 2.13. The van der Waals surface area contributed by atoms with E-state index in [0.717, 1.165) is 31.4 Å². The molecule has 1 saturated carbocycles. The molecule has 0 aromatic carbocycles. The number of hydrogen-bond acceptors (Lipinski definition) is 2. The van der Waals surface area contributed by atoms with E-state index in [1.165, 1.54) is 32.1 Å². The molecule has 3 heteroatoms. The van der Waals surface area contributed by atoms with Gasteiger partial charge < -0.3 is 5.21 Å². The number of alkyl halides is 1. The van der Waals surface area contributed by atoms with E-state index in [9.17, 15) is 0 Å². The van der Waals surface area contributed by atoms with Crippen LogP contribution in [0.2, 0.25) is 0 Å². The molecular weight excluding hydrogens is 198 g/mol. The van der Waals surface area contributed by atoms with E-state index in [0.29, 0.717) is 0 Å². The summed E-state index contributed by atoms with van der Waals surface area (Å²) in [6.07, 6.45) is 10.6. The molecule has 1 atom stereocenters. The molecule has 1 N–H and O–H groups in total. The van der Waals surface area contributed by atoms with Crippen LogP contribution >= 0.6 is 11.6 Å². The smallest absolute Gasteiger partial charge is 0.0751 e. The summed E-state index contributed by atoms with van der Waals surface area (Å²) < 4.78 is 0. The zero-order valence-corrected chi connectivity index (χ0v) is 9.47. The lowest BCUT2D eigenvalue weighted by molar-refractivity contribution is 0.315. The van der Waals surface area contributed by atoms with Crippen LogP contribution in [-0.4, -0.2) is 16.3 Å². The zero-order chi connectivity index (χ0) is 10.2. The Kier molecular flexibility index (Phi) is 6.00. The van der Waals surface area contributed by atoms with Crippen molar-refractivity contribution < 1.29 is 5.21 Å². The van der Waals surface area contributed by atoms with Gasteiger partial charge in [-0.1, -0.05) is 43.7 Å². The summed E-state index contributed by atoms with van der Waals surface area (Å²) in [5, 5.41) is 12.1. The molecule has 1 unspecified atom stereocenters. The van der Waals surface area contributed by atoms with E-state index in [-0.39, 0.29) is 5.38 Å². The van der Waals surface area contributed by atoms with Gasteiger partial charge in [0, 0.05) is 0 Å². The molecule has 0 spiro atoms. The Morgan fingerprint density at radius 1 is 1.00 bits per heavy atom. The van der Waals surface area contributed by atoms with Gasteiger partial charge in [-0.3, -0.25) is 0 Å². The lowest BCUT2D eigenvalue weighted by Crippen LogP contribution is -2.14. The van der Waals surface area contributed by atoms with Crippen LogP contribution in [0.5, 0.6) is 0 Å². The van der Waals surface area contributed by atoms with Crippen LogP contribution in [0.15, 0.2) is 5.16 Å². The second-order valence-corrected chi connectivity index (χ2v) is 4.60. The molecule has 0 bridgehead atoms. The average Bonchev–Trinajstić information content (AvgIpc) is 2.24. The summed E-state index contributed by atoms with van der Waals surface area (Å²) in [5.41, 5.74) is 0.786. The Bertz CT molecular complexity index is 182. The molecule has 0 aromatic rings. The lowest BCUT2D eigenvalue weighted by atomic mass is 10.1. The Morgan fingerprint density at radius 3 is 2.21 bits per heavy atom. The minimum atomic E-state index is -0.0434. The van der Waals surface area contributed by atoms with Crippen LogP contribution in [0.3, 0.4) is 0 Å². The van der Waals surface area contributed by atoms with Gasteiger partial charge in [0.15, 0.2) is 0 Å². The summed E-state index contributed by atoms with van der Waals surface area (Å²) >= 11 is 6.15. The second kappa shape index (κ2) is 7.10. The molecule has 0 radical (unpaired) electrons. The van der Waals surface area contributed by atoms with E-state index in [4.69, 9.17) is 16.8 Å². The number of oxime groups is 1. The van der Waals surface area contributed by atoms with Gasteiger partial charge in [0.05, 0.1) is 11.1 Å². The third kappa shape index (κ3) is 4.32. The molecule has 82 valence electrons. The Hall–Kier alpha value is -0.240. The summed E-state index contributed by atoms with van der Waals surface area (Å²) in [5.74, 6) is 0. The molecule has 2 nitrogen and oxygen atoms in total. The molecule has 14 heavy (non-hydrogen) atoms. The Labute approximate surface area is 91.3 Å². The number of hydrogen-bond donors (Lipinski definition) is 1. The van der Waals surface area contributed by atoms with Gasteiger partial charge in [0.25, 0.3) is 0 Å². The van der Waals surface area contributed by atoms with Gasteiger partial charge in [0.1, 0.15) is 0 Å². The van der Waals surface area contributed by atoms with Crippen LogP contribution in [0.25, 0.3) is 0 Å². The predicted molar refractivity (Wildman–Crippen MR) is 60.4 cm³/mol. The summed E-state index contributed by atoms with van der Waals surface area (Å²) in [7, 11) is 0. The molecule has 1 rings (SSSR count). The SMILES string of the molecule is ON=C1CCCCCCCCCC1Cl. The van der Waals surface area contributed by atoms with Crippen LogP contribution in [0.4, 0.5) is 0 Å². The fraction of sp³-hybridized carbons (Fsp3) is 0.909. The van der Waals surface area contributed by atoms with Gasteiger partial charge in [0.2, 0.25) is 0 Å². The maximum Gasteiger partial charge on any atom is 0.0751 e. The van der Waals surface area contributed by atoms with Crippen molar-refractivity contribution in [2.24, 2.45) is 5.16 Å². The van der Waals surface area contributed by atoms with Crippen molar-refractivity contribution in [3.05, 3.63) is 0 Å². The van der Waals surface area contributed by atoms with Crippen molar-refractivity contribution in [1.29, 1.82) is 0 Å². The fourth-order valence-electron chi connectivity index (χ4n) is 1.95. The number of halogens is 1. The first-order chi connectivity index (χ1) is 6.84. The number of nitrogens with zero attached hydrogens (tertiary/aromatic N) is 1. The van der Waals surface area contributed by atoms with Crippen LogP contribution < -0.4 is 0 Å². The molecule has 1 fully saturated rings. The molecule has 0 aliphatic heterocycles. The van der Waals surface area contributed by atoms with E-state index < -0.39 is 0 Å². The van der Waals surface area contributed by atoms with Gasteiger partial charge >= 0.3 is 0 Å². The molecule has 0 saturated heterocycles. The minimum Gasteiger partial charge on any atom is -0.411 e. The topological polar surface area (TPSA) is 32.6 Å². The van der Waals surface area contributed by atoms with Gasteiger partial charge in [-0.05, 0) is 19.3 Å². The summed E-state index contributed by atoms with van der Waals surface area (Å²) in [4.78, 5) is 0. The molecule has 1 aliphatic carbocycles. The summed E-state index contributed by atoms with van der Waals surface area (Å²) in [6.45, 7) is 0. The maximum absolute atomic E-state index is 8.81. The molecule has 0 aromatic heterocycles. The predicted octanol–water partition coefficient (Wildman–Crippen LogP) is 3.95. The lowest BCUT2D eigenvalue weighted by Gasteiger charge is -2.09. The van der Waals surface area contributed by atoms with Gasteiger partial charge in [-0.2, -0.15) is 0 Å². The van der Waals surface area contributed by atoms with Crippen molar-refractivity contribution in [3.63, 3.8) is 0 Å². The van der Waals surface area contributed by atoms with E-state index in [2.05, 4.69) is 5.16 Å². The van der Waals surface area contributed by atoms with E-state index in [1.807, 2.05) is 0 Å². The first-order valence-corrected chi connectivity index (χ1v) is 6.13. The van der Waals surface area contributed by atoms with Crippen LogP contribution in [0, 0.1) is 0 Å². The second-order valence-electron chi connectivity index (χ2n) is 4.07. The minimum absolute atomic E-state index is 0.0434. The Morgan fingerprint density at radius 2 is 1.57 bits per heavy atom. The monoisotopic (exact) mass is 217 g/mol. The van der Waals surface area contributed by atoms with E-state index in [1.54, 1.807) is 0 Å². The van der Waals surface area contributed by atoms with Crippen molar-refractivity contribution in [1.82, 2.24) is 0 Å². The summed E-state index contributed by atoms with van der Waals surface area (Å²) in [6, 6.07) is 0. The highest BCUT2D eigenvalue weighted by molar-refractivity contribution is 6.32. The van der Waals surface area contributed by atoms with Crippen molar-refractivity contribution in [3.8, 4) is 0 Å². The Balaban J connectivity index is 2.41. The van der Waals surface area contributed by atoms with Crippen LogP contribution in [0.1, 0.15) is 57.8 Å². The highest BCUT2D eigenvalue weighted by Crippen LogP contribution is 2.18. The quantitative estimate of drug-likeness (QED) is 0.372. The van der Waals surface area contributed by atoms with Gasteiger partial charge in [-0.25, -0.2) is 0 Å². The average molecular weight is 218 g/mol.